The van der Waals surface area contributed by atoms with Crippen LogP contribution >= 0.6 is 0 Å². The molecule has 0 aromatic heterocycles. The second kappa shape index (κ2) is 8.57. The molecule has 0 bridgehead atoms. The van der Waals surface area contributed by atoms with E-state index in [1.807, 2.05) is 0 Å². The van der Waals surface area contributed by atoms with Crippen molar-refractivity contribution in [1.82, 2.24) is 10.6 Å². The topological polar surface area (TPSA) is 95.5 Å². The van der Waals surface area contributed by atoms with Crippen LogP contribution in [-0.4, -0.2) is 28.9 Å². The second-order valence-electron chi connectivity index (χ2n) is 5.46. The number of halogens is 1. The predicted octanol–water partition coefficient (Wildman–Crippen LogP) is 2.19. The molecule has 0 aliphatic carbocycles. The molecule has 2 amide bonds. The van der Waals surface area contributed by atoms with E-state index in [0.29, 0.717) is 11.1 Å². The van der Waals surface area contributed by atoms with Crippen LogP contribution in [0.4, 0.5) is 4.39 Å². The minimum atomic E-state index is -1.21. The van der Waals surface area contributed by atoms with Crippen molar-refractivity contribution < 1.29 is 23.9 Å². The Morgan fingerprint density at radius 3 is 2.23 bits per heavy atom. The van der Waals surface area contributed by atoms with Crippen LogP contribution in [0.15, 0.2) is 60.3 Å². The lowest BCUT2D eigenvalue weighted by molar-refractivity contribution is -0.140. The summed E-state index contributed by atoms with van der Waals surface area (Å²) in [5, 5.41) is 13.7. The van der Waals surface area contributed by atoms with Gasteiger partial charge in [0.15, 0.2) is 0 Å². The van der Waals surface area contributed by atoms with E-state index < -0.39 is 29.6 Å². The van der Waals surface area contributed by atoms with Gasteiger partial charge in [-0.3, -0.25) is 14.4 Å². The summed E-state index contributed by atoms with van der Waals surface area (Å²) in [5.74, 6) is -2.96. The lowest BCUT2D eigenvalue weighted by Gasteiger charge is -2.13. The van der Waals surface area contributed by atoms with Crippen LogP contribution in [0, 0.1) is 5.82 Å². The largest absolute Gasteiger partial charge is 0.480 e. The van der Waals surface area contributed by atoms with Gasteiger partial charge in [0.2, 0.25) is 0 Å². The molecule has 1 unspecified atom stereocenters. The van der Waals surface area contributed by atoms with Gasteiger partial charge >= 0.3 is 5.97 Å². The first-order chi connectivity index (χ1) is 12.4. The third kappa shape index (κ3) is 5.27. The number of carbonyl (C=O) groups excluding carboxylic acids is 2. The molecule has 3 N–H and O–H groups in total. The zero-order valence-corrected chi connectivity index (χ0v) is 13.9. The Morgan fingerprint density at radius 2 is 1.65 bits per heavy atom. The summed E-state index contributed by atoms with van der Waals surface area (Å²) in [6.07, 6.45) is 1.34. The first kappa shape index (κ1) is 18.9. The molecular weight excluding hydrogens is 339 g/mol. The Kier molecular flexibility index (Phi) is 6.21. The van der Waals surface area contributed by atoms with E-state index in [-0.39, 0.29) is 5.70 Å². The van der Waals surface area contributed by atoms with Gasteiger partial charge in [-0.15, -0.1) is 0 Å². The third-order valence-corrected chi connectivity index (χ3v) is 3.43. The van der Waals surface area contributed by atoms with Crippen LogP contribution in [0.25, 0.3) is 6.08 Å². The molecule has 2 rings (SSSR count). The Bertz CT molecular complexity index is 832. The highest BCUT2D eigenvalue weighted by atomic mass is 19.1. The Balaban J connectivity index is 2.28. The van der Waals surface area contributed by atoms with Gasteiger partial charge in [-0.05, 0) is 42.8 Å². The van der Waals surface area contributed by atoms with Gasteiger partial charge < -0.3 is 15.7 Å². The zero-order chi connectivity index (χ0) is 19.1. The van der Waals surface area contributed by atoms with Gasteiger partial charge in [-0.1, -0.05) is 30.3 Å². The van der Waals surface area contributed by atoms with E-state index in [9.17, 15) is 18.8 Å². The molecule has 2 aromatic carbocycles. The van der Waals surface area contributed by atoms with Gasteiger partial charge in [-0.25, -0.2) is 4.39 Å². The summed E-state index contributed by atoms with van der Waals surface area (Å²) < 4.78 is 13.0. The fourth-order valence-corrected chi connectivity index (χ4v) is 2.00. The van der Waals surface area contributed by atoms with Crippen LogP contribution in [0.3, 0.4) is 0 Å². The molecule has 26 heavy (non-hydrogen) atoms. The molecule has 0 saturated heterocycles. The SMILES string of the molecule is CC(NC(=O)/C(=C/c1ccc(F)cc1)NC(=O)c1ccccc1)C(=O)O. The number of benzene rings is 2. The molecule has 6 nitrogen and oxygen atoms in total. The van der Waals surface area contributed by atoms with Crippen molar-refractivity contribution in [3.8, 4) is 0 Å². The fraction of sp³-hybridized carbons (Fsp3) is 0.105. The molecule has 7 heteroatoms. The maximum atomic E-state index is 13.0. The van der Waals surface area contributed by atoms with Crippen molar-refractivity contribution in [1.29, 1.82) is 0 Å². The number of carboxylic acids is 1. The summed E-state index contributed by atoms with van der Waals surface area (Å²) >= 11 is 0. The molecule has 0 aliphatic rings. The molecule has 1 atom stereocenters. The summed E-state index contributed by atoms with van der Waals surface area (Å²) in [5.41, 5.74) is 0.642. The number of hydrogen-bond donors (Lipinski definition) is 3. The van der Waals surface area contributed by atoms with Gasteiger partial charge in [0, 0.05) is 5.56 Å². The Hall–Kier alpha value is -3.48. The molecule has 0 fully saturated rings. The highest BCUT2D eigenvalue weighted by molar-refractivity contribution is 6.06. The minimum Gasteiger partial charge on any atom is -0.480 e. The lowest BCUT2D eigenvalue weighted by atomic mass is 10.1. The smallest absolute Gasteiger partial charge is 0.325 e. The number of amides is 2. The van der Waals surface area contributed by atoms with Gasteiger partial charge in [0.1, 0.15) is 17.6 Å². The Morgan fingerprint density at radius 1 is 1.04 bits per heavy atom. The van der Waals surface area contributed by atoms with Crippen molar-refractivity contribution in [3.63, 3.8) is 0 Å². The molecule has 134 valence electrons. The average molecular weight is 356 g/mol. The molecule has 0 radical (unpaired) electrons. The van der Waals surface area contributed by atoms with Gasteiger partial charge in [0.25, 0.3) is 11.8 Å². The maximum Gasteiger partial charge on any atom is 0.325 e. The Labute approximate surface area is 149 Å². The number of hydrogen-bond acceptors (Lipinski definition) is 3. The molecule has 0 heterocycles. The summed E-state index contributed by atoms with van der Waals surface area (Å²) in [7, 11) is 0. The normalized spacial score (nSPS) is 12.2. The van der Waals surface area contributed by atoms with E-state index in [1.165, 1.54) is 37.3 Å². The molecule has 0 spiro atoms. The van der Waals surface area contributed by atoms with Crippen molar-refractivity contribution in [2.24, 2.45) is 0 Å². The van der Waals surface area contributed by atoms with Crippen LogP contribution in [-0.2, 0) is 9.59 Å². The third-order valence-electron chi connectivity index (χ3n) is 3.43. The first-order valence-corrected chi connectivity index (χ1v) is 7.74. The number of rotatable bonds is 6. The van der Waals surface area contributed by atoms with Crippen LogP contribution in [0.2, 0.25) is 0 Å². The molecule has 0 aliphatic heterocycles. The van der Waals surface area contributed by atoms with Crippen molar-refractivity contribution in [2.45, 2.75) is 13.0 Å². The van der Waals surface area contributed by atoms with Crippen LogP contribution in [0.1, 0.15) is 22.8 Å². The predicted molar refractivity (Wildman–Crippen MR) is 93.5 cm³/mol. The van der Waals surface area contributed by atoms with E-state index in [2.05, 4.69) is 10.6 Å². The summed E-state index contributed by atoms with van der Waals surface area (Å²) in [4.78, 5) is 35.6. The van der Waals surface area contributed by atoms with E-state index in [4.69, 9.17) is 5.11 Å². The molecule has 2 aromatic rings. The van der Waals surface area contributed by atoms with Gasteiger partial charge in [0.05, 0.1) is 0 Å². The fourth-order valence-electron chi connectivity index (χ4n) is 2.00. The first-order valence-electron chi connectivity index (χ1n) is 7.74. The number of carboxylic acid groups (broad SMARTS) is 1. The quantitative estimate of drug-likeness (QED) is 0.692. The highest BCUT2D eigenvalue weighted by Crippen LogP contribution is 2.09. The highest BCUT2D eigenvalue weighted by Gasteiger charge is 2.19. The van der Waals surface area contributed by atoms with Crippen molar-refractivity contribution in [3.05, 3.63) is 77.2 Å². The standard InChI is InChI=1S/C19H17FN2O4/c1-12(19(25)26)21-18(24)16(11-13-7-9-15(20)10-8-13)22-17(23)14-5-3-2-4-6-14/h2-12H,1H3,(H,21,24)(H,22,23)(H,25,26)/b16-11-. The maximum absolute atomic E-state index is 13.0. The minimum absolute atomic E-state index is 0.154. The molecular formula is C19H17FN2O4. The number of nitrogens with one attached hydrogen (secondary N) is 2. The van der Waals surface area contributed by atoms with Crippen molar-refractivity contribution in [2.75, 3.05) is 0 Å². The summed E-state index contributed by atoms with van der Waals surface area (Å²) in [6, 6.07) is 12.4. The number of carbonyl (C=O) groups is 3. The average Bonchev–Trinajstić information content (AvgIpc) is 2.63. The van der Waals surface area contributed by atoms with E-state index in [0.717, 1.165) is 0 Å². The molecule has 0 saturated carbocycles. The van der Waals surface area contributed by atoms with Crippen LogP contribution in [0.5, 0.6) is 0 Å². The van der Waals surface area contributed by atoms with Crippen LogP contribution < -0.4 is 10.6 Å². The zero-order valence-electron chi connectivity index (χ0n) is 13.9. The monoisotopic (exact) mass is 356 g/mol. The second-order valence-corrected chi connectivity index (χ2v) is 5.46. The lowest BCUT2D eigenvalue weighted by Crippen LogP contribution is -2.42. The van der Waals surface area contributed by atoms with Gasteiger partial charge in [-0.2, -0.15) is 0 Å². The van der Waals surface area contributed by atoms with Crippen molar-refractivity contribution >= 4 is 23.9 Å². The van der Waals surface area contributed by atoms with E-state index >= 15 is 0 Å². The summed E-state index contributed by atoms with van der Waals surface area (Å²) in [6.45, 7) is 1.30. The van der Waals surface area contributed by atoms with E-state index in [1.54, 1.807) is 30.3 Å². The number of aliphatic carboxylic acids is 1.